The van der Waals surface area contributed by atoms with Crippen LogP contribution in [0.15, 0.2) is 67.0 Å². The van der Waals surface area contributed by atoms with Crippen LogP contribution in [0.1, 0.15) is 51.9 Å². The normalized spacial score (nSPS) is 18.0. The minimum absolute atomic E-state index is 0.0135. The number of carbonyl (C=O) groups is 3. The topological polar surface area (TPSA) is 171 Å². The fourth-order valence-electron chi connectivity index (χ4n) is 5.50. The van der Waals surface area contributed by atoms with Crippen LogP contribution in [-0.2, 0) is 11.3 Å². The summed E-state index contributed by atoms with van der Waals surface area (Å²) in [4.78, 5) is 54.3. The highest BCUT2D eigenvalue weighted by molar-refractivity contribution is 5.96. The Hall–Kier alpha value is -5.72. The van der Waals surface area contributed by atoms with Crippen molar-refractivity contribution in [2.75, 3.05) is 32.5 Å². The quantitative estimate of drug-likeness (QED) is 0.303. The summed E-state index contributed by atoms with van der Waals surface area (Å²) in [7, 11) is 1.53. The molecule has 6 bridgehead atoms. The molecule has 13 heteroatoms. The van der Waals surface area contributed by atoms with Crippen molar-refractivity contribution in [3.63, 3.8) is 0 Å². The lowest BCUT2D eigenvalue weighted by molar-refractivity contribution is -0.123. The number of benzene rings is 2. The van der Waals surface area contributed by atoms with Crippen molar-refractivity contribution in [1.82, 2.24) is 30.5 Å². The highest BCUT2D eigenvalue weighted by atomic mass is 16.5. The lowest BCUT2D eigenvalue weighted by atomic mass is 10.1. The Morgan fingerprint density at radius 2 is 1.83 bits per heavy atom. The molecule has 2 aromatic heterocycles. The molecule has 242 valence electrons. The van der Waals surface area contributed by atoms with Crippen LogP contribution in [-0.4, -0.2) is 76.5 Å². The van der Waals surface area contributed by atoms with Crippen molar-refractivity contribution in [1.29, 1.82) is 0 Å². The standard InChI is InChI=1S/C34H35N7O6/c1-19(2)26-12-27(40-34(35)39-26)33(44)41-16-28-30(17-41)47-25-8-7-21(29(11-25)45-3)15-37-31(42)18-46-24-6-4-5-20(10-24)22-9-23(14-36-13-22)32(43)38-28/h4-14,19,28,30H,15-18H2,1-3H3,(H,37,42)(H,38,43)(H2,35,39,40)/t28-,30-/m0/s1. The highest BCUT2D eigenvalue weighted by Gasteiger charge is 2.39. The molecule has 47 heavy (non-hydrogen) atoms. The maximum atomic E-state index is 13.7. The first-order chi connectivity index (χ1) is 22.7. The Morgan fingerprint density at radius 1 is 1.00 bits per heavy atom. The fourth-order valence-corrected chi connectivity index (χ4v) is 5.50. The molecule has 7 rings (SSSR count). The summed E-state index contributed by atoms with van der Waals surface area (Å²) >= 11 is 0. The van der Waals surface area contributed by atoms with Gasteiger partial charge in [-0.05, 0) is 47.9 Å². The van der Waals surface area contributed by atoms with E-state index in [0.29, 0.717) is 34.1 Å². The van der Waals surface area contributed by atoms with Gasteiger partial charge >= 0.3 is 0 Å². The van der Waals surface area contributed by atoms with Crippen LogP contribution >= 0.6 is 0 Å². The first-order valence-electron chi connectivity index (χ1n) is 15.2. The number of anilines is 1. The first kappa shape index (κ1) is 31.3. The number of hydrogen-bond donors (Lipinski definition) is 3. The molecule has 4 aromatic rings. The van der Waals surface area contributed by atoms with Gasteiger partial charge in [-0.1, -0.05) is 26.0 Å². The summed E-state index contributed by atoms with van der Waals surface area (Å²) in [5, 5.41) is 5.91. The number of carbonyl (C=O) groups excluding carboxylic acids is 3. The highest BCUT2D eigenvalue weighted by Crippen LogP contribution is 2.29. The van der Waals surface area contributed by atoms with E-state index in [1.54, 1.807) is 59.6 Å². The molecule has 0 saturated carbocycles. The summed E-state index contributed by atoms with van der Waals surface area (Å²) in [6.45, 7) is 4.24. The van der Waals surface area contributed by atoms with Gasteiger partial charge < -0.3 is 35.5 Å². The molecule has 4 N–H and O–H groups in total. The number of ether oxygens (including phenoxy) is 3. The number of nitrogens with two attached hydrogens (primary N) is 1. The van der Waals surface area contributed by atoms with Crippen molar-refractivity contribution in [2.45, 2.75) is 38.5 Å². The number of nitrogens with one attached hydrogen (secondary N) is 2. The lowest BCUT2D eigenvalue weighted by Crippen LogP contribution is -2.45. The fraction of sp³-hybridized carbons (Fsp3) is 0.294. The Bertz CT molecular complexity index is 1830. The van der Waals surface area contributed by atoms with Gasteiger partial charge in [-0.15, -0.1) is 0 Å². The largest absolute Gasteiger partial charge is 0.496 e. The third-order valence-corrected chi connectivity index (χ3v) is 8.00. The van der Waals surface area contributed by atoms with Crippen LogP contribution < -0.4 is 30.6 Å². The summed E-state index contributed by atoms with van der Waals surface area (Å²) in [5.41, 5.74) is 9.26. The number of likely N-dealkylation sites (tertiary alicyclic amines) is 1. The van der Waals surface area contributed by atoms with Crippen LogP contribution in [0.4, 0.5) is 5.95 Å². The number of nitrogens with zero attached hydrogens (tertiary/aromatic N) is 4. The van der Waals surface area contributed by atoms with Crippen molar-refractivity contribution in [3.8, 4) is 28.4 Å². The molecule has 3 aliphatic rings. The third-order valence-electron chi connectivity index (χ3n) is 8.00. The van der Waals surface area contributed by atoms with E-state index in [-0.39, 0.29) is 61.5 Å². The molecule has 2 aromatic carbocycles. The van der Waals surface area contributed by atoms with Gasteiger partial charge in [-0.3, -0.25) is 19.4 Å². The number of hydrogen-bond acceptors (Lipinski definition) is 10. The molecule has 2 atom stereocenters. The van der Waals surface area contributed by atoms with Crippen LogP contribution in [0.5, 0.6) is 17.2 Å². The predicted molar refractivity (Wildman–Crippen MR) is 172 cm³/mol. The molecule has 1 saturated heterocycles. The number of pyridine rings is 1. The maximum Gasteiger partial charge on any atom is 0.272 e. The maximum absolute atomic E-state index is 13.7. The van der Waals surface area contributed by atoms with Gasteiger partial charge in [0.2, 0.25) is 5.95 Å². The van der Waals surface area contributed by atoms with Gasteiger partial charge in [-0.25, -0.2) is 9.97 Å². The number of amides is 3. The lowest BCUT2D eigenvalue weighted by Gasteiger charge is -2.22. The van der Waals surface area contributed by atoms with E-state index >= 15 is 0 Å². The number of rotatable bonds is 3. The zero-order chi connectivity index (χ0) is 33.1. The monoisotopic (exact) mass is 637 g/mol. The molecule has 3 amide bonds. The van der Waals surface area contributed by atoms with Crippen LogP contribution in [0, 0.1) is 0 Å². The van der Waals surface area contributed by atoms with Gasteiger partial charge in [0.05, 0.1) is 25.3 Å². The number of nitrogen functional groups attached to an aromatic ring is 1. The average Bonchev–Trinajstić information content (AvgIpc) is 3.47. The SMILES string of the molecule is COc1cc2ccc1CNC(=O)COc1cccc(c1)-c1cncc(c1)C(=O)N[C@H]1CN(C(=O)c3cc(C(C)C)nc(N)n3)C[C@@H]1O2. The molecule has 0 radical (unpaired) electrons. The van der Waals surface area contributed by atoms with Crippen molar-refractivity contribution < 1.29 is 28.6 Å². The van der Waals surface area contributed by atoms with Crippen LogP contribution in [0.2, 0.25) is 0 Å². The van der Waals surface area contributed by atoms with Gasteiger partial charge in [0.15, 0.2) is 6.61 Å². The minimum Gasteiger partial charge on any atom is -0.496 e. The molecule has 0 unspecified atom stereocenters. The first-order valence-corrected chi connectivity index (χ1v) is 15.2. The van der Waals surface area contributed by atoms with E-state index in [1.807, 2.05) is 19.9 Å². The molecule has 0 spiro atoms. The van der Waals surface area contributed by atoms with Gasteiger partial charge in [0.25, 0.3) is 17.7 Å². The molecule has 1 fully saturated rings. The predicted octanol–water partition coefficient (Wildman–Crippen LogP) is 2.96. The van der Waals surface area contributed by atoms with Crippen molar-refractivity contribution in [2.24, 2.45) is 0 Å². The number of fused-ring (bicyclic) bond motifs is 7. The number of aromatic nitrogens is 3. The summed E-state index contributed by atoms with van der Waals surface area (Å²) in [5.74, 6) is 0.458. The smallest absolute Gasteiger partial charge is 0.272 e. The summed E-state index contributed by atoms with van der Waals surface area (Å²) in [6.07, 6.45) is 2.49. The summed E-state index contributed by atoms with van der Waals surface area (Å²) < 4.78 is 17.7. The van der Waals surface area contributed by atoms with E-state index in [2.05, 4.69) is 25.6 Å². The third kappa shape index (κ3) is 7.08. The van der Waals surface area contributed by atoms with E-state index in [4.69, 9.17) is 19.9 Å². The van der Waals surface area contributed by atoms with Gasteiger partial charge in [0, 0.05) is 48.4 Å². The Balaban J connectivity index is 1.34. The summed E-state index contributed by atoms with van der Waals surface area (Å²) in [6, 6.07) is 15.2. The molecule has 13 nitrogen and oxygen atoms in total. The van der Waals surface area contributed by atoms with E-state index < -0.39 is 12.1 Å². The molecular formula is C34H35N7O6. The van der Waals surface area contributed by atoms with Crippen LogP contribution in [0.25, 0.3) is 11.1 Å². The van der Waals surface area contributed by atoms with Crippen molar-refractivity contribution in [3.05, 3.63) is 89.5 Å². The molecule has 3 aliphatic heterocycles. The zero-order valence-corrected chi connectivity index (χ0v) is 26.2. The molecular weight excluding hydrogens is 602 g/mol. The van der Waals surface area contributed by atoms with Gasteiger partial charge in [0.1, 0.15) is 29.0 Å². The second kappa shape index (κ2) is 13.3. The Kier molecular flexibility index (Phi) is 8.87. The zero-order valence-electron chi connectivity index (χ0n) is 26.2. The Labute approximate surface area is 271 Å². The van der Waals surface area contributed by atoms with Crippen LogP contribution in [0.3, 0.4) is 0 Å². The van der Waals surface area contributed by atoms with Crippen molar-refractivity contribution >= 4 is 23.7 Å². The second-order valence-electron chi connectivity index (χ2n) is 11.7. The molecule has 0 aliphatic carbocycles. The van der Waals surface area contributed by atoms with E-state index in [1.165, 1.54) is 13.3 Å². The van der Waals surface area contributed by atoms with E-state index in [0.717, 1.165) is 11.1 Å². The molecule has 5 heterocycles. The van der Waals surface area contributed by atoms with Gasteiger partial charge in [-0.2, -0.15) is 0 Å². The number of methoxy groups -OCH3 is 1. The Morgan fingerprint density at radius 3 is 2.64 bits per heavy atom. The average molecular weight is 638 g/mol. The van der Waals surface area contributed by atoms with E-state index in [9.17, 15) is 14.4 Å². The second-order valence-corrected chi connectivity index (χ2v) is 11.7. The minimum atomic E-state index is -0.627.